The Balaban J connectivity index is 2.31. The zero-order chi connectivity index (χ0) is 12.5. The van der Waals surface area contributed by atoms with Crippen LogP contribution in [0, 0.1) is 6.92 Å². The van der Waals surface area contributed by atoms with Crippen LogP contribution >= 0.6 is 0 Å². The maximum absolute atomic E-state index is 5.70. The molecule has 3 rings (SSSR count). The second kappa shape index (κ2) is 4.07. The number of anilines is 1. The molecule has 3 aromatic rings. The number of benzene rings is 1. The van der Waals surface area contributed by atoms with Crippen molar-refractivity contribution in [2.45, 2.75) is 6.92 Å². The summed E-state index contributed by atoms with van der Waals surface area (Å²) >= 11 is 0. The average Bonchev–Trinajstić information content (AvgIpc) is 2.37. The molecule has 1 aromatic carbocycles. The molecule has 0 atom stereocenters. The molecule has 18 heavy (non-hydrogen) atoms. The standard InChI is InChI=1S/C14H12N4/c1-9-8-13(18-14(15)17-9)11-4-2-6-12-10(11)5-3-7-16-12/h2-8H,1H3,(H2,15,17,18). The summed E-state index contributed by atoms with van der Waals surface area (Å²) in [6.07, 6.45) is 1.78. The van der Waals surface area contributed by atoms with Gasteiger partial charge < -0.3 is 5.73 Å². The summed E-state index contributed by atoms with van der Waals surface area (Å²) in [5.41, 5.74) is 9.37. The van der Waals surface area contributed by atoms with Crippen molar-refractivity contribution < 1.29 is 0 Å². The van der Waals surface area contributed by atoms with Crippen molar-refractivity contribution >= 4 is 16.9 Å². The molecular formula is C14H12N4. The van der Waals surface area contributed by atoms with Gasteiger partial charge in [-0.3, -0.25) is 4.98 Å². The third-order valence-electron chi connectivity index (χ3n) is 2.79. The van der Waals surface area contributed by atoms with Crippen LogP contribution in [-0.2, 0) is 0 Å². The number of aryl methyl sites for hydroxylation is 1. The van der Waals surface area contributed by atoms with Gasteiger partial charge in [0.2, 0.25) is 5.95 Å². The second-order valence-electron chi connectivity index (χ2n) is 4.13. The SMILES string of the molecule is Cc1cc(-c2cccc3ncccc23)nc(N)n1. The predicted molar refractivity (Wildman–Crippen MR) is 71.9 cm³/mol. The van der Waals surface area contributed by atoms with E-state index >= 15 is 0 Å². The second-order valence-corrected chi connectivity index (χ2v) is 4.13. The Morgan fingerprint density at radius 1 is 1.06 bits per heavy atom. The zero-order valence-corrected chi connectivity index (χ0v) is 9.96. The number of aromatic nitrogens is 3. The molecule has 0 spiro atoms. The van der Waals surface area contributed by atoms with Crippen molar-refractivity contribution in [2.75, 3.05) is 5.73 Å². The Morgan fingerprint density at radius 2 is 1.94 bits per heavy atom. The molecule has 2 heterocycles. The van der Waals surface area contributed by atoms with Crippen LogP contribution in [0.15, 0.2) is 42.6 Å². The third-order valence-corrected chi connectivity index (χ3v) is 2.79. The van der Waals surface area contributed by atoms with Gasteiger partial charge in [-0.1, -0.05) is 18.2 Å². The average molecular weight is 236 g/mol. The first-order valence-electron chi connectivity index (χ1n) is 5.69. The van der Waals surface area contributed by atoms with Crippen molar-refractivity contribution in [2.24, 2.45) is 0 Å². The van der Waals surface area contributed by atoms with Crippen molar-refractivity contribution in [3.63, 3.8) is 0 Å². The molecule has 0 aliphatic heterocycles. The highest BCUT2D eigenvalue weighted by molar-refractivity contribution is 5.93. The fourth-order valence-corrected chi connectivity index (χ4v) is 2.06. The topological polar surface area (TPSA) is 64.7 Å². The van der Waals surface area contributed by atoms with Crippen molar-refractivity contribution in [3.8, 4) is 11.3 Å². The summed E-state index contributed by atoms with van der Waals surface area (Å²) in [7, 11) is 0. The van der Waals surface area contributed by atoms with Gasteiger partial charge in [-0.05, 0) is 25.1 Å². The minimum absolute atomic E-state index is 0.297. The molecule has 0 bridgehead atoms. The van der Waals surface area contributed by atoms with E-state index in [1.54, 1.807) is 6.20 Å². The fraction of sp³-hybridized carbons (Fsp3) is 0.0714. The summed E-state index contributed by atoms with van der Waals surface area (Å²) in [6.45, 7) is 1.91. The Bertz CT molecular complexity index is 696. The molecule has 4 nitrogen and oxygen atoms in total. The van der Waals surface area contributed by atoms with E-state index in [1.807, 2.05) is 43.3 Å². The van der Waals surface area contributed by atoms with Gasteiger partial charge in [0.25, 0.3) is 0 Å². The van der Waals surface area contributed by atoms with E-state index in [2.05, 4.69) is 15.0 Å². The summed E-state index contributed by atoms with van der Waals surface area (Å²) in [5.74, 6) is 0.297. The fourth-order valence-electron chi connectivity index (χ4n) is 2.06. The maximum atomic E-state index is 5.70. The Hall–Kier alpha value is -2.49. The highest BCUT2D eigenvalue weighted by Gasteiger charge is 2.07. The minimum Gasteiger partial charge on any atom is -0.368 e. The van der Waals surface area contributed by atoms with Crippen LogP contribution in [0.1, 0.15) is 5.69 Å². The lowest BCUT2D eigenvalue weighted by Crippen LogP contribution is -1.98. The lowest BCUT2D eigenvalue weighted by Gasteiger charge is -2.06. The lowest BCUT2D eigenvalue weighted by molar-refractivity contribution is 1.12. The number of hydrogen-bond donors (Lipinski definition) is 1. The number of hydrogen-bond acceptors (Lipinski definition) is 4. The van der Waals surface area contributed by atoms with E-state index in [0.29, 0.717) is 5.95 Å². The molecular weight excluding hydrogens is 224 g/mol. The number of nitrogens with two attached hydrogens (primary N) is 1. The highest BCUT2D eigenvalue weighted by Crippen LogP contribution is 2.26. The number of nitrogen functional groups attached to an aromatic ring is 1. The van der Waals surface area contributed by atoms with Gasteiger partial charge in [-0.2, -0.15) is 0 Å². The van der Waals surface area contributed by atoms with Crippen LogP contribution < -0.4 is 5.73 Å². The molecule has 0 saturated carbocycles. The molecule has 2 N–H and O–H groups in total. The zero-order valence-electron chi connectivity index (χ0n) is 9.96. The van der Waals surface area contributed by atoms with E-state index in [0.717, 1.165) is 27.9 Å². The minimum atomic E-state index is 0.297. The van der Waals surface area contributed by atoms with E-state index in [9.17, 15) is 0 Å². The quantitative estimate of drug-likeness (QED) is 0.705. The molecule has 2 aromatic heterocycles. The Morgan fingerprint density at radius 3 is 2.78 bits per heavy atom. The smallest absolute Gasteiger partial charge is 0.220 e. The van der Waals surface area contributed by atoms with E-state index in [1.165, 1.54) is 0 Å². The van der Waals surface area contributed by atoms with Gasteiger partial charge in [-0.25, -0.2) is 9.97 Å². The molecule has 4 heteroatoms. The van der Waals surface area contributed by atoms with Gasteiger partial charge in [0, 0.05) is 22.8 Å². The lowest BCUT2D eigenvalue weighted by atomic mass is 10.0. The Labute approximate surface area is 105 Å². The monoisotopic (exact) mass is 236 g/mol. The molecule has 0 saturated heterocycles. The summed E-state index contributed by atoms with van der Waals surface area (Å²) in [6, 6.07) is 11.9. The number of rotatable bonds is 1. The number of pyridine rings is 1. The van der Waals surface area contributed by atoms with Crippen molar-refractivity contribution in [1.29, 1.82) is 0 Å². The summed E-state index contributed by atoms with van der Waals surface area (Å²) < 4.78 is 0. The van der Waals surface area contributed by atoms with E-state index in [-0.39, 0.29) is 0 Å². The van der Waals surface area contributed by atoms with E-state index in [4.69, 9.17) is 5.73 Å². The van der Waals surface area contributed by atoms with Crippen molar-refractivity contribution in [1.82, 2.24) is 15.0 Å². The molecule has 0 amide bonds. The molecule has 88 valence electrons. The first-order chi connectivity index (χ1) is 8.74. The summed E-state index contributed by atoms with van der Waals surface area (Å²) in [5, 5.41) is 1.07. The first-order valence-corrected chi connectivity index (χ1v) is 5.69. The predicted octanol–water partition coefficient (Wildman–Crippen LogP) is 2.58. The van der Waals surface area contributed by atoms with Crippen LogP contribution in [0.5, 0.6) is 0 Å². The van der Waals surface area contributed by atoms with Crippen LogP contribution in [0.3, 0.4) is 0 Å². The first kappa shape index (κ1) is 10.7. The van der Waals surface area contributed by atoms with Crippen LogP contribution in [0.4, 0.5) is 5.95 Å². The molecule has 0 aliphatic rings. The van der Waals surface area contributed by atoms with Crippen molar-refractivity contribution in [3.05, 3.63) is 48.3 Å². The molecule has 0 radical (unpaired) electrons. The highest BCUT2D eigenvalue weighted by atomic mass is 15.0. The molecule has 0 fully saturated rings. The number of nitrogens with zero attached hydrogens (tertiary/aromatic N) is 3. The maximum Gasteiger partial charge on any atom is 0.220 e. The van der Waals surface area contributed by atoms with Gasteiger partial charge in [0.05, 0.1) is 11.2 Å². The molecule has 0 unspecified atom stereocenters. The van der Waals surface area contributed by atoms with Crippen LogP contribution in [0.2, 0.25) is 0 Å². The third kappa shape index (κ3) is 1.78. The normalized spacial score (nSPS) is 10.7. The van der Waals surface area contributed by atoms with Gasteiger partial charge in [0.15, 0.2) is 0 Å². The van der Waals surface area contributed by atoms with Crippen LogP contribution in [-0.4, -0.2) is 15.0 Å². The van der Waals surface area contributed by atoms with Crippen LogP contribution in [0.25, 0.3) is 22.2 Å². The largest absolute Gasteiger partial charge is 0.368 e. The Kier molecular flexibility index (Phi) is 2.41. The molecule has 0 aliphatic carbocycles. The van der Waals surface area contributed by atoms with E-state index < -0.39 is 0 Å². The number of fused-ring (bicyclic) bond motifs is 1. The van der Waals surface area contributed by atoms with Gasteiger partial charge in [0.1, 0.15) is 0 Å². The summed E-state index contributed by atoms with van der Waals surface area (Å²) in [4.78, 5) is 12.7. The van der Waals surface area contributed by atoms with Gasteiger partial charge >= 0.3 is 0 Å². The van der Waals surface area contributed by atoms with Gasteiger partial charge in [-0.15, -0.1) is 0 Å².